The fourth-order valence-corrected chi connectivity index (χ4v) is 8.98. The van der Waals surface area contributed by atoms with Gasteiger partial charge >= 0.3 is 0 Å². The van der Waals surface area contributed by atoms with Gasteiger partial charge in [-0.1, -0.05) is 163 Å². The number of para-hydroxylation sites is 3. The van der Waals surface area contributed by atoms with E-state index in [9.17, 15) is 5.11 Å². The fraction of sp³-hybridized carbons (Fsp3) is 0.133. The molecular weight excluding hydrogens is 793 g/mol. The first-order valence-corrected chi connectivity index (χ1v) is 22.4. The normalized spacial score (nSPS) is 11.9. The number of phenols is 1. The maximum Gasteiger partial charge on any atom is 0.149 e. The molecule has 2 heterocycles. The van der Waals surface area contributed by atoms with E-state index >= 15 is 0 Å². The topological polar surface area (TPSA) is 54.2 Å². The van der Waals surface area contributed by atoms with Crippen LogP contribution < -0.4 is 4.90 Å². The number of aromatic nitrogens is 3. The molecule has 10 aromatic rings. The van der Waals surface area contributed by atoms with Gasteiger partial charge in [0.2, 0.25) is 0 Å². The largest absolute Gasteiger partial charge is 0.507 e. The highest BCUT2D eigenvalue weighted by Crippen LogP contribution is 2.45. The van der Waals surface area contributed by atoms with Crippen molar-refractivity contribution in [3.63, 3.8) is 0 Å². The number of pyridine rings is 1. The minimum atomic E-state index is -0.156. The van der Waals surface area contributed by atoms with Crippen LogP contribution in [-0.4, -0.2) is 19.6 Å². The number of anilines is 3. The summed E-state index contributed by atoms with van der Waals surface area (Å²) in [6.45, 7) is 13.3. The summed E-state index contributed by atoms with van der Waals surface area (Å²) in [5.74, 6) is 0.845. The molecule has 0 saturated heterocycles. The number of fused-ring (bicyclic) bond motifs is 2. The van der Waals surface area contributed by atoms with E-state index in [-0.39, 0.29) is 16.6 Å². The highest BCUT2D eigenvalue weighted by molar-refractivity contribution is 6.04. The number of aromatic hydroxyl groups is 1. The Labute approximate surface area is 382 Å². The van der Waals surface area contributed by atoms with Gasteiger partial charge in [-0.2, -0.15) is 0 Å². The molecule has 0 spiro atoms. The van der Waals surface area contributed by atoms with Crippen molar-refractivity contribution in [3.05, 3.63) is 211 Å². The number of phenolic OH excluding ortho intramolecular Hbond substituents is 1. The SMILES string of the molecule is CC(C)(C)c1ccc(-n2c(-c3cc(C(C)(C)C)ccc3O)nc3c(-c4cccc(-c5cccc6c(-c7ccccc7)ccnc56)c4)cc(N(c4ccccc4)c4ccccc4)cc32)cc1. The van der Waals surface area contributed by atoms with Crippen molar-refractivity contribution in [2.75, 3.05) is 4.90 Å². The minimum Gasteiger partial charge on any atom is -0.507 e. The Morgan fingerprint density at radius 1 is 0.446 bits per heavy atom. The second kappa shape index (κ2) is 16.4. The molecular formula is C60H52N4O. The van der Waals surface area contributed by atoms with Crippen LogP contribution in [0, 0.1) is 0 Å². The van der Waals surface area contributed by atoms with Crippen molar-refractivity contribution in [3.8, 4) is 56.2 Å². The van der Waals surface area contributed by atoms with Crippen molar-refractivity contribution in [2.24, 2.45) is 0 Å². The van der Waals surface area contributed by atoms with Crippen LogP contribution >= 0.6 is 0 Å². The number of nitrogens with zero attached hydrogens (tertiary/aromatic N) is 4. The van der Waals surface area contributed by atoms with Gasteiger partial charge < -0.3 is 10.0 Å². The van der Waals surface area contributed by atoms with Crippen LogP contribution in [0.2, 0.25) is 0 Å². The summed E-state index contributed by atoms with van der Waals surface area (Å²) in [6, 6.07) is 68.1. The first kappa shape index (κ1) is 41.3. The quantitative estimate of drug-likeness (QED) is 0.166. The van der Waals surface area contributed by atoms with E-state index in [0.29, 0.717) is 11.4 Å². The Kier molecular flexibility index (Phi) is 10.4. The molecule has 1 N–H and O–H groups in total. The van der Waals surface area contributed by atoms with E-state index in [1.165, 1.54) is 5.56 Å². The van der Waals surface area contributed by atoms with E-state index in [1.807, 2.05) is 18.3 Å². The highest BCUT2D eigenvalue weighted by Gasteiger charge is 2.26. The van der Waals surface area contributed by atoms with Crippen molar-refractivity contribution in [1.29, 1.82) is 0 Å². The van der Waals surface area contributed by atoms with Gasteiger partial charge in [-0.15, -0.1) is 0 Å². The van der Waals surface area contributed by atoms with Gasteiger partial charge in [0.15, 0.2) is 0 Å². The molecule has 0 atom stereocenters. The molecule has 0 amide bonds. The first-order valence-electron chi connectivity index (χ1n) is 22.4. The summed E-state index contributed by atoms with van der Waals surface area (Å²) in [5.41, 5.74) is 15.9. The molecule has 0 fully saturated rings. The molecule has 10 rings (SSSR count). The summed E-state index contributed by atoms with van der Waals surface area (Å²) < 4.78 is 2.23. The Morgan fingerprint density at radius 2 is 1.03 bits per heavy atom. The van der Waals surface area contributed by atoms with Gasteiger partial charge in [0, 0.05) is 45.5 Å². The number of benzene rings is 8. The smallest absolute Gasteiger partial charge is 0.149 e. The van der Waals surface area contributed by atoms with Gasteiger partial charge in [-0.3, -0.25) is 9.55 Å². The molecule has 8 aromatic carbocycles. The Hall–Kier alpha value is -7.76. The first-order chi connectivity index (χ1) is 31.4. The number of hydrogen-bond acceptors (Lipinski definition) is 4. The molecule has 5 nitrogen and oxygen atoms in total. The molecule has 5 heteroatoms. The van der Waals surface area contributed by atoms with Crippen molar-refractivity contribution < 1.29 is 5.11 Å². The molecule has 0 aliphatic carbocycles. The summed E-state index contributed by atoms with van der Waals surface area (Å²) in [5, 5.41) is 12.9. The lowest BCUT2D eigenvalue weighted by Gasteiger charge is -2.26. The lowest BCUT2D eigenvalue weighted by atomic mass is 9.86. The zero-order valence-corrected chi connectivity index (χ0v) is 37.8. The van der Waals surface area contributed by atoms with Crippen molar-refractivity contribution in [2.45, 2.75) is 52.4 Å². The molecule has 318 valence electrons. The molecule has 0 radical (unpaired) electrons. The molecule has 0 aliphatic heterocycles. The summed E-state index contributed by atoms with van der Waals surface area (Å²) in [4.78, 5) is 12.9. The highest BCUT2D eigenvalue weighted by atomic mass is 16.3. The monoisotopic (exact) mass is 844 g/mol. The Morgan fingerprint density at radius 3 is 1.68 bits per heavy atom. The van der Waals surface area contributed by atoms with Crippen LogP contribution in [0.25, 0.3) is 72.4 Å². The third kappa shape index (κ3) is 7.84. The van der Waals surface area contributed by atoms with Crippen LogP contribution in [0.1, 0.15) is 52.7 Å². The van der Waals surface area contributed by atoms with Crippen LogP contribution in [-0.2, 0) is 10.8 Å². The molecule has 0 saturated carbocycles. The van der Waals surface area contributed by atoms with E-state index in [4.69, 9.17) is 9.97 Å². The molecule has 65 heavy (non-hydrogen) atoms. The third-order valence-electron chi connectivity index (χ3n) is 12.5. The van der Waals surface area contributed by atoms with Crippen LogP contribution in [0.5, 0.6) is 5.75 Å². The predicted molar refractivity (Wildman–Crippen MR) is 272 cm³/mol. The Bertz CT molecular complexity index is 3280. The lowest BCUT2D eigenvalue weighted by molar-refractivity contribution is 0.475. The number of hydrogen-bond donors (Lipinski definition) is 1. The number of rotatable bonds is 8. The second-order valence-electron chi connectivity index (χ2n) is 18.9. The lowest BCUT2D eigenvalue weighted by Crippen LogP contribution is -2.12. The zero-order valence-electron chi connectivity index (χ0n) is 37.8. The summed E-state index contributed by atoms with van der Waals surface area (Å²) in [7, 11) is 0. The van der Waals surface area contributed by atoms with Gasteiger partial charge in [0.05, 0.1) is 22.1 Å². The van der Waals surface area contributed by atoms with Gasteiger partial charge in [0.1, 0.15) is 11.6 Å². The van der Waals surface area contributed by atoms with Crippen molar-refractivity contribution >= 4 is 39.0 Å². The van der Waals surface area contributed by atoms with Gasteiger partial charge in [0.25, 0.3) is 0 Å². The minimum absolute atomic E-state index is 0.0301. The van der Waals surface area contributed by atoms with E-state index in [1.54, 1.807) is 0 Å². The zero-order chi connectivity index (χ0) is 44.9. The third-order valence-corrected chi connectivity index (χ3v) is 12.5. The maximum absolute atomic E-state index is 11.8. The standard InChI is InChI=1S/C60H52N4O/c1-59(2,3)43-28-31-47(32-29-43)64-54-39-48(63(45-22-12-8-13-23-45)46-24-14-9-15-25-46)38-52(57(54)62-58(64)53-37-44(60(4,5)6)30-33-55(53)65)42-21-16-20-41(36-42)50-26-17-27-51-49(34-35-61-56(50)51)40-18-10-7-11-19-40/h7-39,65H,1-6H3. The predicted octanol–water partition coefficient (Wildman–Crippen LogP) is 16.0. The average Bonchev–Trinajstić information content (AvgIpc) is 3.71. The van der Waals surface area contributed by atoms with E-state index < -0.39 is 0 Å². The van der Waals surface area contributed by atoms with Crippen LogP contribution in [0.3, 0.4) is 0 Å². The Balaban J connectivity index is 1.27. The maximum atomic E-state index is 11.8. The van der Waals surface area contributed by atoms with Gasteiger partial charge in [-0.25, -0.2) is 4.98 Å². The molecule has 0 unspecified atom stereocenters. The van der Waals surface area contributed by atoms with E-state index in [0.717, 1.165) is 83.6 Å². The number of imidazole rings is 1. The second-order valence-corrected chi connectivity index (χ2v) is 18.9. The van der Waals surface area contributed by atoms with Gasteiger partial charge in [-0.05, 0) is 117 Å². The molecule has 2 aromatic heterocycles. The fourth-order valence-electron chi connectivity index (χ4n) is 8.98. The van der Waals surface area contributed by atoms with Crippen molar-refractivity contribution in [1.82, 2.24) is 14.5 Å². The van der Waals surface area contributed by atoms with Crippen LogP contribution in [0.15, 0.2) is 200 Å². The molecule has 0 aliphatic rings. The average molecular weight is 845 g/mol. The van der Waals surface area contributed by atoms with Crippen LogP contribution in [0.4, 0.5) is 17.1 Å². The summed E-state index contributed by atoms with van der Waals surface area (Å²) in [6.07, 6.45) is 1.92. The van der Waals surface area contributed by atoms with E-state index in [2.05, 4.69) is 233 Å². The molecule has 0 bridgehead atoms. The summed E-state index contributed by atoms with van der Waals surface area (Å²) >= 11 is 0.